The van der Waals surface area contributed by atoms with Gasteiger partial charge in [-0.3, -0.25) is 4.57 Å². The predicted molar refractivity (Wildman–Crippen MR) is 77.2 cm³/mol. The lowest BCUT2D eigenvalue weighted by atomic mass is 10.3. The van der Waals surface area contributed by atoms with Gasteiger partial charge in [0.25, 0.3) is 0 Å². The van der Waals surface area contributed by atoms with Crippen molar-refractivity contribution < 1.29 is 0 Å². The highest BCUT2D eigenvalue weighted by Crippen LogP contribution is 2.18. The summed E-state index contributed by atoms with van der Waals surface area (Å²) in [5.41, 5.74) is 9.70. The maximum atomic E-state index is 5.97. The first-order chi connectivity index (χ1) is 9.13. The molecule has 3 heterocycles. The normalized spacial score (nSPS) is 11.3. The van der Waals surface area contributed by atoms with Crippen LogP contribution in [-0.4, -0.2) is 19.5 Å². The molecule has 0 saturated heterocycles. The fraction of sp³-hybridized carbons (Fsp3) is 0.308. The minimum Gasteiger partial charge on any atom is -0.369 e. The molecule has 6 heteroatoms. The number of imidazole rings is 1. The van der Waals surface area contributed by atoms with E-state index in [0.717, 1.165) is 40.5 Å². The van der Waals surface area contributed by atoms with Crippen LogP contribution in [0.25, 0.3) is 11.2 Å². The van der Waals surface area contributed by atoms with Gasteiger partial charge in [0.05, 0.1) is 5.01 Å². The molecular weight excluding hydrogens is 258 g/mol. The number of hydrogen-bond acceptors (Lipinski definition) is 5. The third-order valence-electron chi connectivity index (χ3n) is 2.98. The van der Waals surface area contributed by atoms with Gasteiger partial charge in [0, 0.05) is 29.7 Å². The van der Waals surface area contributed by atoms with Crippen LogP contribution < -0.4 is 5.73 Å². The fourth-order valence-corrected chi connectivity index (χ4v) is 2.82. The Bertz CT molecular complexity index is 728. The number of nitrogens with two attached hydrogens (primary N) is 1. The molecule has 0 fully saturated rings. The molecule has 0 radical (unpaired) electrons. The molecule has 0 spiro atoms. The Kier molecular flexibility index (Phi) is 2.94. The quantitative estimate of drug-likeness (QED) is 0.795. The molecule has 0 aliphatic rings. The topological polar surface area (TPSA) is 69.6 Å². The molecule has 19 heavy (non-hydrogen) atoms. The Morgan fingerprint density at radius 1 is 1.16 bits per heavy atom. The van der Waals surface area contributed by atoms with Gasteiger partial charge < -0.3 is 5.73 Å². The molecule has 3 aromatic rings. The second-order valence-corrected chi connectivity index (χ2v) is 5.49. The zero-order valence-electron chi connectivity index (χ0n) is 10.9. The van der Waals surface area contributed by atoms with Crippen LogP contribution in [0.2, 0.25) is 0 Å². The van der Waals surface area contributed by atoms with Gasteiger partial charge in [0.15, 0.2) is 5.65 Å². The number of pyridine rings is 1. The van der Waals surface area contributed by atoms with Crippen LogP contribution in [0.4, 0.5) is 5.95 Å². The van der Waals surface area contributed by atoms with Crippen molar-refractivity contribution in [3.63, 3.8) is 0 Å². The van der Waals surface area contributed by atoms with E-state index in [1.165, 1.54) is 0 Å². The first-order valence-corrected chi connectivity index (χ1v) is 7.02. The SMILES string of the molecule is Cc1csc(CCn2c(N)nc3ccc(C)nc32)n1. The molecule has 2 N–H and O–H groups in total. The van der Waals surface area contributed by atoms with Crippen molar-refractivity contribution in [1.82, 2.24) is 19.5 Å². The summed E-state index contributed by atoms with van der Waals surface area (Å²) in [7, 11) is 0. The first kappa shape index (κ1) is 12.1. The van der Waals surface area contributed by atoms with E-state index in [2.05, 4.69) is 20.3 Å². The molecule has 98 valence electrons. The number of thiazole rings is 1. The summed E-state index contributed by atoms with van der Waals surface area (Å²) in [4.78, 5) is 13.3. The highest BCUT2D eigenvalue weighted by Gasteiger charge is 2.10. The van der Waals surface area contributed by atoms with Crippen molar-refractivity contribution in [3.8, 4) is 0 Å². The number of nitrogen functional groups attached to an aromatic ring is 1. The summed E-state index contributed by atoms with van der Waals surface area (Å²) in [6.07, 6.45) is 0.851. The third kappa shape index (κ3) is 2.31. The second kappa shape index (κ2) is 4.62. The molecule has 0 aromatic carbocycles. The van der Waals surface area contributed by atoms with Gasteiger partial charge in [-0.1, -0.05) is 0 Å². The van der Waals surface area contributed by atoms with Crippen LogP contribution in [0.15, 0.2) is 17.5 Å². The summed E-state index contributed by atoms with van der Waals surface area (Å²) in [5, 5.41) is 3.18. The van der Waals surface area contributed by atoms with E-state index in [9.17, 15) is 0 Å². The zero-order valence-corrected chi connectivity index (χ0v) is 11.7. The average molecular weight is 273 g/mol. The lowest BCUT2D eigenvalue weighted by Gasteiger charge is -2.04. The van der Waals surface area contributed by atoms with Gasteiger partial charge in [-0.05, 0) is 26.0 Å². The monoisotopic (exact) mass is 273 g/mol. The van der Waals surface area contributed by atoms with Gasteiger partial charge in [-0.15, -0.1) is 11.3 Å². The minimum absolute atomic E-state index is 0.515. The molecule has 0 atom stereocenters. The van der Waals surface area contributed by atoms with E-state index in [4.69, 9.17) is 5.73 Å². The van der Waals surface area contributed by atoms with Crippen LogP contribution in [0.5, 0.6) is 0 Å². The average Bonchev–Trinajstić information content (AvgIpc) is 2.90. The van der Waals surface area contributed by atoms with Gasteiger partial charge in [-0.2, -0.15) is 0 Å². The number of hydrogen-bond donors (Lipinski definition) is 1. The van der Waals surface area contributed by atoms with Crippen LogP contribution in [-0.2, 0) is 13.0 Å². The maximum Gasteiger partial charge on any atom is 0.202 e. The van der Waals surface area contributed by atoms with Gasteiger partial charge in [0.1, 0.15) is 5.52 Å². The standard InChI is InChI=1S/C13H15N5S/c1-8-3-4-10-12(16-8)18(13(14)17-10)6-5-11-15-9(2)7-19-11/h3-4,7H,5-6H2,1-2H3,(H2,14,17). The molecule has 3 rings (SSSR count). The first-order valence-electron chi connectivity index (χ1n) is 6.14. The molecule has 5 nitrogen and oxygen atoms in total. The summed E-state index contributed by atoms with van der Waals surface area (Å²) in [6, 6.07) is 3.90. The summed E-state index contributed by atoms with van der Waals surface area (Å²) < 4.78 is 1.96. The van der Waals surface area contributed by atoms with Crippen molar-refractivity contribution in [3.05, 3.63) is 33.9 Å². The summed E-state index contributed by atoms with van der Waals surface area (Å²) in [5.74, 6) is 0.515. The third-order valence-corrected chi connectivity index (χ3v) is 4.00. The molecule has 0 saturated carbocycles. The highest BCUT2D eigenvalue weighted by molar-refractivity contribution is 7.09. The van der Waals surface area contributed by atoms with Gasteiger partial charge >= 0.3 is 0 Å². The van der Waals surface area contributed by atoms with E-state index >= 15 is 0 Å². The Morgan fingerprint density at radius 3 is 2.74 bits per heavy atom. The highest BCUT2D eigenvalue weighted by atomic mass is 32.1. The fourth-order valence-electron chi connectivity index (χ4n) is 2.06. The van der Waals surface area contributed by atoms with Crippen molar-refractivity contribution in [2.75, 3.05) is 5.73 Å². The smallest absolute Gasteiger partial charge is 0.202 e. The number of rotatable bonds is 3. The summed E-state index contributed by atoms with van der Waals surface area (Å²) >= 11 is 1.68. The number of aromatic nitrogens is 4. The molecule has 0 aliphatic heterocycles. The lowest BCUT2D eigenvalue weighted by Crippen LogP contribution is -2.06. The van der Waals surface area contributed by atoms with Crippen LogP contribution in [0, 0.1) is 13.8 Å². The number of nitrogens with zero attached hydrogens (tertiary/aromatic N) is 4. The van der Waals surface area contributed by atoms with Crippen LogP contribution in [0.1, 0.15) is 16.4 Å². The summed E-state index contributed by atoms with van der Waals surface area (Å²) in [6.45, 7) is 4.73. The Morgan fingerprint density at radius 2 is 2.00 bits per heavy atom. The van der Waals surface area contributed by atoms with E-state index < -0.39 is 0 Å². The molecule has 0 bridgehead atoms. The van der Waals surface area contributed by atoms with Gasteiger partial charge in [-0.25, -0.2) is 15.0 Å². The van der Waals surface area contributed by atoms with Crippen molar-refractivity contribution in [1.29, 1.82) is 0 Å². The maximum absolute atomic E-state index is 5.97. The van der Waals surface area contributed by atoms with Crippen molar-refractivity contribution in [2.24, 2.45) is 0 Å². The molecule has 0 amide bonds. The molecular formula is C13H15N5S. The number of anilines is 1. The lowest BCUT2D eigenvalue weighted by molar-refractivity contribution is 0.715. The molecule has 0 unspecified atom stereocenters. The zero-order chi connectivity index (χ0) is 13.4. The van der Waals surface area contributed by atoms with E-state index in [1.54, 1.807) is 11.3 Å². The Labute approximate surface area is 115 Å². The minimum atomic E-state index is 0.515. The van der Waals surface area contributed by atoms with E-state index in [0.29, 0.717) is 5.95 Å². The number of aryl methyl sites for hydroxylation is 4. The Balaban J connectivity index is 1.91. The Hall–Kier alpha value is -1.95. The van der Waals surface area contributed by atoms with Crippen molar-refractivity contribution in [2.45, 2.75) is 26.8 Å². The van der Waals surface area contributed by atoms with Crippen molar-refractivity contribution >= 4 is 28.4 Å². The van der Waals surface area contributed by atoms with E-state index in [1.807, 2.05) is 30.5 Å². The molecule has 3 aromatic heterocycles. The second-order valence-electron chi connectivity index (χ2n) is 4.55. The number of fused-ring (bicyclic) bond motifs is 1. The van der Waals surface area contributed by atoms with Gasteiger partial charge in [0.2, 0.25) is 5.95 Å². The van der Waals surface area contributed by atoms with E-state index in [-0.39, 0.29) is 0 Å². The van der Waals surface area contributed by atoms with Crippen LogP contribution >= 0.6 is 11.3 Å². The van der Waals surface area contributed by atoms with Crippen LogP contribution in [0.3, 0.4) is 0 Å². The molecule has 0 aliphatic carbocycles. The largest absolute Gasteiger partial charge is 0.369 e. The predicted octanol–water partition coefficient (Wildman–Crippen LogP) is 2.33.